The fourth-order valence-corrected chi connectivity index (χ4v) is 7.39. The average Bonchev–Trinajstić information content (AvgIpc) is 3.27. The fraction of sp³-hybridized carbons (Fsp3) is 0.0577. The van der Waals surface area contributed by atoms with Crippen LogP contribution < -0.4 is 0 Å². The van der Waals surface area contributed by atoms with Crippen molar-refractivity contribution in [3.05, 3.63) is 211 Å². The van der Waals surface area contributed by atoms with Crippen LogP contribution in [0.3, 0.4) is 0 Å². The molecule has 0 atom stereocenters. The van der Waals surface area contributed by atoms with E-state index in [0.29, 0.717) is 12.4 Å². The van der Waals surface area contributed by atoms with E-state index in [4.69, 9.17) is 0 Å². The summed E-state index contributed by atoms with van der Waals surface area (Å²) in [5.74, 6) is 0.531. The minimum absolute atomic E-state index is 0.531. The Morgan fingerprint density at radius 2 is 1.05 bits per heavy atom. The second kappa shape index (κ2) is 16.8. The van der Waals surface area contributed by atoms with E-state index >= 15 is 0 Å². The lowest BCUT2D eigenvalue weighted by Crippen LogP contribution is -2.01. The molecule has 0 bridgehead atoms. The van der Waals surface area contributed by atoms with Crippen LogP contribution in [0, 0.1) is 0 Å². The van der Waals surface area contributed by atoms with Gasteiger partial charge in [-0.05, 0) is 110 Å². The normalized spacial score (nSPS) is 12.8. The van der Waals surface area contributed by atoms with Gasteiger partial charge in [0, 0.05) is 5.56 Å². The van der Waals surface area contributed by atoms with Gasteiger partial charge in [0.1, 0.15) is 6.34 Å². The number of allylic oxidation sites excluding steroid dienone is 4. The zero-order valence-corrected chi connectivity index (χ0v) is 30.7. The van der Waals surface area contributed by atoms with Gasteiger partial charge in [-0.15, -0.1) is 0 Å². The summed E-state index contributed by atoms with van der Waals surface area (Å²) in [6.07, 6.45) is 10.7. The first-order valence-corrected chi connectivity index (χ1v) is 18.8. The molecule has 3 heteroatoms. The maximum atomic E-state index is 4.58. The zero-order chi connectivity index (χ0) is 37.2. The molecule has 0 aliphatic heterocycles. The van der Waals surface area contributed by atoms with Crippen molar-refractivity contribution in [2.75, 3.05) is 0 Å². The molecule has 3 nitrogen and oxygen atoms in total. The molecule has 0 unspecified atom stereocenters. The van der Waals surface area contributed by atoms with Gasteiger partial charge in [-0.3, -0.25) is 4.99 Å². The van der Waals surface area contributed by atoms with E-state index in [9.17, 15) is 0 Å². The van der Waals surface area contributed by atoms with Crippen molar-refractivity contribution in [1.29, 1.82) is 0 Å². The van der Waals surface area contributed by atoms with Gasteiger partial charge >= 0.3 is 0 Å². The number of benzene rings is 7. The predicted molar refractivity (Wildman–Crippen MR) is 235 cm³/mol. The Kier molecular flexibility index (Phi) is 10.7. The second-order valence-corrected chi connectivity index (χ2v) is 13.5. The van der Waals surface area contributed by atoms with Gasteiger partial charge in [-0.1, -0.05) is 176 Å². The number of nitrogens with zero attached hydrogens (tertiary/aromatic N) is 3. The Labute approximate surface area is 324 Å². The van der Waals surface area contributed by atoms with Crippen molar-refractivity contribution in [3.63, 3.8) is 0 Å². The molecule has 8 rings (SSSR count). The summed E-state index contributed by atoms with van der Waals surface area (Å²) in [5.41, 5.74) is 16.3. The van der Waals surface area contributed by atoms with Crippen LogP contribution in [0.1, 0.15) is 29.5 Å². The lowest BCUT2D eigenvalue weighted by Gasteiger charge is -2.25. The van der Waals surface area contributed by atoms with Crippen molar-refractivity contribution in [3.8, 4) is 55.6 Å². The van der Waals surface area contributed by atoms with Crippen LogP contribution >= 0.6 is 0 Å². The van der Waals surface area contributed by atoms with Crippen molar-refractivity contribution < 1.29 is 0 Å². The molecule has 0 aromatic heterocycles. The Balaban J connectivity index is 1.30. The van der Waals surface area contributed by atoms with Gasteiger partial charge in [0.25, 0.3) is 0 Å². The largest absolute Gasteiger partial charge is 0.269 e. The molecule has 0 heterocycles. The third-order valence-electron chi connectivity index (χ3n) is 9.98. The molecule has 55 heavy (non-hydrogen) atoms. The summed E-state index contributed by atoms with van der Waals surface area (Å²) < 4.78 is 0. The van der Waals surface area contributed by atoms with Gasteiger partial charge in [0.05, 0.1) is 6.54 Å². The maximum Gasteiger partial charge on any atom is 0.160 e. The Morgan fingerprint density at radius 3 is 1.67 bits per heavy atom. The molecular formula is C52H41N3. The number of hydrogen-bond acceptors (Lipinski definition) is 1. The van der Waals surface area contributed by atoms with Gasteiger partial charge < -0.3 is 0 Å². The fourth-order valence-electron chi connectivity index (χ4n) is 7.39. The first kappa shape index (κ1) is 35.1. The zero-order valence-electron chi connectivity index (χ0n) is 30.7. The highest BCUT2D eigenvalue weighted by Crippen LogP contribution is 2.49. The van der Waals surface area contributed by atoms with Crippen LogP contribution in [0.2, 0.25) is 0 Å². The molecule has 0 saturated carbocycles. The lowest BCUT2D eigenvalue weighted by atomic mass is 9.77. The molecule has 0 fully saturated rings. The molecule has 1 aliphatic rings. The van der Waals surface area contributed by atoms with E-state index in [1.54, 1.807) is 6.34 Å². The lowest BCUT2D eigenvalue weighted by molar-refractivity contribution is 1.04. The molecule has 0 amide bonds. The first-order valence-electron chi connectivity index (χ1n) is 18.8. The van der Waals surface area contributed by atoms with Crippen LogP contribution in [0.4, 0.5) is 0 Å². The molecule has 0 spiro atoms. The molecule has 0 radical (unpaired) electrons. The average molecular weight is 708 g/mol. The summed E-state index contributed by atoms with van der Waals surface area (Å²) in [6, 6.07) is 62.3. The van der Waals surface area contributed by atoms with E-state index in [1.165, 1.54) is 50.1 Å². The molecule has 7 aromatic carbocycles. The summed E-state index contributed by atoms with van der Waals surface area (Å²) >= 11 is 0. The monoisotopic (exact) mass is 707 g/mol. The van der Waals surface area contributed by atoms with E-state index in [1.807, 2.05) is 24.3 Å². The molecule has 7 aromatic rings. The predicted octanol–water partition coefficient (Wildman–Crippen LogP) is 13.4. The Morgan fingerprint density at radius 1 is 0.509 bits per heavy atom. The van der Waals surface area contributed by atoms with E-state index in [-0.39, 0.29) is 0 Å². The number of amidine groups is 1. The summed E-state index contributed by atoms with van der Waals surface area (Å²) in [7, 11) is 0. The smallest absolute Gasteiger partial charge is 0.160 e. The van der Waals surface area contributed by atoms with E-state index in [0.717, 1.165) is 40.7 Å². The van der Waals surface area contributed by atoms with E-state index < -0.39 is 0 Å². The van der Waals surface area contributed by atoms with Crippen molar-refractivity contribution in [2.45, 2.75) is 19.4 Å². The van der Waals surface area contributed by atoms with E-state index in [2.05, 4.69) is 192 Å². The van der Waals surface area contributed by atoms with Crippen molar-refractivity contribution in [2.24, 2.45) is 15.0 Å². The topological polar surface area (TPSA) is 37.1 Å². The minimum atomic E-state index is 0.531. The van der Waals surface area contributed by atoms with Gasteiger partial charge in [-0.25, -0.2) is 9.98 Å². The molecule has 1 aliphatic carbocycles. The highest BCUT2D eigenvalue weighted by molar-refractivity contribution is 6.07. The third-order valence-corrected chi connectivity index (χ3v) is 9.98. The van der Waals surface area contributed by atoms with Crippen LogP contribution in [-0.2, 0) is 6.54 Å². The minimum Gasteiger partial charge on any atom is -0.269 e. The second-order valence-electron chi connectivity index (χ2n) is 13.5. The van der Waals surface area contributed by atoms with Gasteiger partial charge in [0.2, 0.25) is 0 Å². The van der Waals surface area contributed by atoms with Crippen LogP contribution in [0.15, 0.2) is 209 Å². The Hall–Kier alpha value is -6.97. The summed E-state index contributed by atoms with van der Waals surface area (Å²) in [4.78, 5) is 13.4. The highest BCUT2D eigenvalue weighted by atomic mass is 14.9. The molecule has 0 saturated heterocycles. The van der Waals surface area contributed by atoms with Gasteiger partial charge in [-0.2, -0.15) is 0 Å². The van der Waals surface area contributed by atoms with Crippen LogP contribution in [0.5, 0.6) is 0 Å². The first-order chi connectivity index (χ1) is 27.3. The quantitative estimate of drug-likeness (QED) is 0.100. The number of aliphatic imine (C=N–C) groups is 3. The summed E-state index contributed by atoms with van der Waals surface area (Å²) in [6.45, 7) is 4.38. The maximum absolute atomic E-state index is 4.58. The van der Waals surface area contributed by atoms with Crippen molar-refractivity contribution in [1.82, 2.24) is 0 Å². The molecule has 0 N–H and O–H groups in total. The summed E-state index contributed by atoms with van der Waals surface area (Å²) in [5, 5.41) is 0. The number of rotatable bonds is 10. The number of hydrogen-bond donors (Lipinski definition) is 0. The molecular weight excluding hydrogens is 667 g/mol. The standard InChI is InChI=1S/C52H41N3/c1-53-52(55-37-54-36-38-19-7-2-8-20-38)46-32-18-30-44(34-46)43-29-17-31-45(33-43)48-35-47(39-21-9-3-10-22-39)49(40-23-11-4-12-24-40)51(42-27-15-6-16-28-42)50(48)41-25-13-5-14-26-41/h2-5,7-15,17-35,37H,1,6,16,36H2. The Bertz CT molecular complexity index is 2550. The van der Waals surface area contributed by atoms with Gasteiger partial charge in [0.15, 0.2) is 5.84 Å². The SMILES string of the molecule is C=NC(=NC=NCc1ccccc1)c1cccc(-c2cccc(-c3cc(-c4ccccc4)c(-c4ccccc4)c(C4=CCCC=C4)c3-c3ccccc3)c2)c1. The van der Waals surface area contributed by atoms with Crippen LogP contribution in [0.25, 0.3) is 61.2 Å². The third kappa shape index (κ3) is 7.88. The van der Waals surface area contributed by atoms with Crippen LogP contribution in [-0.4, -0.2) is 18.9 Å². The van der Waals surface area contributed by atoms with Crippen molar-refractivity contribution >= 4 is 24.5 Å². The molecule has 264 valence electrons. The highest BCUT2D eigenvalue weighted by Gasteiger charge is 2.24.